The van der Waals surface area contributed by atoms with Gasteiger partial charge in [-0.05, 0) is 67.5 Å². The fraction of sp³-hybridized carbons (Fsp3) is 0.500. The maximum absolute atomic E-state index is 13.9. The Balaban J connectivity index is 1.66. The molecule has 1 N–H and O–H groups in total. The molecule has 1 aliphatic rings. The minimum Gasteiger partial charge on any atom is -0.382 e. The number of likely N-dealkylation sites (tertiary alicyclic amines) is 1. The van der Waals surface area contributed by atoms with E-state index < -0.39 is 0 Å². The fourth-order valence-electron chi connectivity index (χ4n) is 2.59. The zero-order valence-corrected chi connectivity index (χ0v) is 12.0. The van der Waals surface area contributed by atoms with Gasteiger partial charge in [0, 0.05) is 6.54 Å². The minimum atomic E-state index is -0.250. The van der Waals surface area contributed by atoms with Crippen molar-refractivity contribution in [2.75, 3.05) is 32.0 Å². The van der Waals surface area contributed by atoms with Crippen molar-refractivity contribution in [2.24, 2.45) is 5.92 Å². The van der Waals surface area contributed by atoms with Crippen LogP contribution in [0.15, 0.2) is 24.5 Å². The lowest BCUT2D eigenvalue weighted by Crippen LogP contribution is -2.33. The van der Waals surface area contributed by atoms with E-state index in [1.54, 1.807) is 12.1 Å². The van der Waals surface area contributed by atoms with E-state index in [1.807, 2.05) is 0 Å². The van der Waals surface area contributed by atoms with Gasteiger partial charge in [0.15, 0.2) is 0 Å². The van der Waals surface area contributed by atoms with Crippen LogP contribution in [-0.4, -0.2) is 51.8 Å². The zero-order chi connectivity index (χ0) is 14.7. The average molecular weight is 290 g/mol. The number of tetrazole rings is 1. The highest BCUT2D eigenvalue weighted by Gasteiger charge is 2.17. The second-order valence-electron chi connectivity index (χ2n) is 5.55. The lowest BCUT2D eigenvalue weighted by molar-refractivity contribution is 0.226. The smallest absolute Gasteiger partial charge is 0.146 e. The minimum absolute atomic E-state index is 0.250. The molecular formula is C14H19FN6. The molecule has 2 heterocycles. The summed E-state index contributed by atoms with van der Waals surface area (Å²) in [5.74, 6) is 0.344. The van der Waals surface area contributed by atoms with Gasteiger partial charge in [0.25, 0.3) is 0 Å². The Morgan fingerprint density at radius 1 is 1.33 bits per heavy atom. The molecule has 2 aromatic rings. The average Bonchev–Trinajstić information content (AvgIpc) is 3.02. The number of rotatable bonds is 4. The van der Waals surface area contributed by atoms with Crippen molar-refractivity contribution in [3.63, 3.8) is 0 Å². The summed E-state index contributed by atoms with van der Waals surface area (Å²) >= 11 is 0. The van der Waals surface area contributed by atoms with Gasteiger partial charge in [-0.2, -0.15) is 0 Å². The van der Waals surface area contributed by atoms with E-state index >= 15 is 0 Å². The van der Waals surface area contributed by atoms with Gasteiger partial charge >= 0.3 is 0 Å². The first-order valence-corrected chi connectivity index (χ1v) is 7.17. The van der Waals surface area contributed by atoms with Crippen LogP contribution in [0.25, 0.3) is 5.69 Å². The highest BCUT2D eigenvalue weighted by atomic mass is 19.1. The second-order valence-corrected chi connectivity index (χ2v) is 5.55. The van der Waals surface area contributed by atoms with E-state index in [9.17, 15) is 4.39 Å². The monoisotopic (exact) mass is 290 g/mol. The number of benzene rings is 1. The van der Waals surface area contributed by atoms with Crippen molar-refractivity contribution >= 4 is 5.69 Å². The van der Waals surface area contributed by atoms with E-state index in [4.69, 9.17) is 0 Å². The van der Waals surface area contributed by atoms with Crippen molar-refractivity contribution in [3.8, 4) is 5.69 Å². The summed E-state index contributed by atoms with van der Waals surface area (Å²) in [5, 5.41) is 14.2. The van der Waals surface area contributed by atoms with Crippen LogP contribution in [0.5, 0.6) is 0 Å². The first kappa shape index (κ1) is 13.9. The fourth-order valence-corrected chi connectivity index (χ4v) is 2.59. The lowest BCUT2D eigenvalue weighted by Gasteiger charge is -2.29. The molecule has 0 bridgehead atoms. The number of nitrogens with zero attached hydrogens (tertiary/aromatic N) is 5. The van der Waals surface area contributed by atoms with Crippen LogP contribution in [-0.2, 0) is 0 Å². The van der Waals surface area contributed by atoms with Crippen molar-refractivity contribution < 1.29 is 4.39 Å². The van der Waals surface area contributed by atoms with Gasteiger partial charge in [-0.3, -0.25) is 0 Å². The number of piperidine rings is 1. The molecule has 1 aromatic heterocycles. The number of aromatic nitrogens is 4. The molecule has 0 saturated carbocycles. The maximum atomic E-state index is 13.9. The molecular weight excluding hydrogens is 271 g/mol. The first-order valence-electron chi connectivity index (χ1n) is 7.17. The molecule has 7 heteroatoms. The Bertz CT molecular complexity index is 577. The quantitative estimate of drug-likeness (QED) is 0.926. The Morgan fingerprint density at radius 3 is 2.86 bits per heavy atom. The van der Waals surface area contributed by atoms with Crippen LogP contribution in [0.1, 0.15) is 12.8 Å². The Morgan fingerprint density at radius 2 is 2.14 bits per heavy atom. The van der Waals surface area contributed by atoms with Crippen LogP contribution in [0.2, 0.25) is 0 Å². The molecule has 1 aliphatic heterocycles. The summed E-state index contributed by atoms with van der Waals surface area (Å²) in [5.41, 5.74) is 1.24. The molecule has 0 amide bonds. The van der Waals surface area contributed by atoms with Gasteiger partial charge in [0.1, 0.15) is 12.1 Å². The molecule has 0 aliphatic carbocycles. The zero-order valence-electron chi connectivity index (χ0n) is 12.0. The first-order chi connectivity index (χ1) is 10.2. The summed E-state index contributed by atoms with van der Waals surface area (Å²) in [6.07, 6.45) is 3.80. The second kappa shape index (κ2) is 6.17. The third-order valence-corrected chi connectivity index (χ3v) is 3.98. The molecule has 1 fully saturated rings. The van der Waals surface area contributed by atoms with E-state index in [2.05, 4.69) is 32.8 Å². The van der Waals surface area contributed by atoms with Crippen molar-refractivity contribution in [2.45, 2.75) is 12.8 Å². The Hall–Kier alpha value is -2.02. The summed E-state index contributed by atoms with van der Waals surface area (Å²) in [6.45, 7) is 3.02. The van der Waals surface area contributed by atoms with Crippen molar-refractivity contribution in [1.82, 2.24) is 25.1 Å². The van der Waals surface area contributed by atoms with Crippen LogP contribution in [0, 0.1) is 11.7 Å². The standard InChI is InChI=1S/C14H19FN6/c1-20-6-4-11(5-7-20)9-16-14-8-12(2-3-13(14)15)21-10-17-18-19-21/h2-3,8,10-11,16H,4-7,9H2,1H3. The molecule has 1 saturated heterocycles. The highest BCUT2D eigenvalue weighted by Crippen LogP contribution is 2.21. The predicted octanol–water partition coefficient (Wildman–Crippen LogP) is 1.56. The number of halogens is 1. The molecule has 0 atom stereocenters. The van der Waals surface area contributed by atoms with Crippen LogP contribution in [0.3, 0.4) is 0 Å². The largest absolute Gasteiger partial charge is 0.382 e. The van der Waals surface area contributed by atoms with Gasteiger partial charge in [0.05, 0.1) is 11.4 Å². The third kappa shape index (κ3) is 3.36. The summed E-state index contributed by atoms with van der Waals surface area (Å²) < 4.78 is 15.4. The molecule has 0 spiro atoms. The Kier molecular flexibility index (Phi) is 4.10. The molecule has 3 rings (SSSR count). The third-order valence-electron chi connectivity index (χ3n) is 3.98. The summed E-state index contributed by atoms with van der Waals surface area (Å²) in [7, 11) is 2.14. The van der Waals surface area contributed by atoms with E-state index in [0.717, 1.165) is 38.2 Å². The molecule has 21 heavy (non-hydrogen) atoms. The Labute approximate surface area is 122 Å². The van der Waals surface area contributed by atoms with Gasteiger partial charge in [-0.15, -0.1) is 5.10 Å². The lowest BCUT2D eigenvalue weighted by atomic mass is 9.97. The van der Waals surface area contributed by atoms with E-state index in [-0.39, 0.29) is 5.82 Å². The normalized spacial score (nSPS) is 17.0. The predicted molar refractivity (Wildman–Crippen MR) is 77.8 cm³/mol. The van der Waals surface area contributed by atoms with Gasteiger partial charge in [-0.1, -0.05) is 0 Å². The highest BCUT2D eigenvalue weighted by molar-refractivity contribution is 5.52. The SMILES string of the molecule is CN1CCC(CNc2cc(-n3cnnn3)ccc2F)CC1. The molecule has 0 unspecified atom stereocenters. The number of nitrogens with one attached hydrogen (secondary N) is 1. The number of hydrogen-bond acceptors (Lipinski definition) is 5. The topological polar surface area (TPSA) is 58.9 Å². The number of hydrogen-bond donors (Lipinski definition) is 1. The molecule has 112 valence electrons. The summed E-state index contributed by atoms with van der Waals surface area (Å²) in [6, 6.07) is 4.83. The molecule has 0 radical (unpaired) electrons. The van der Waals surface area contributed by atoms with E-state index in [0.29, 0.717) is 11.6 Å². The summed E-state index contributed by atoms with van der Waals surface area (Å²) in [4.78, 5) is 2.33. The number of anilines is 1. The maximum Gasteiger partial charge on any atom is 0.146 e. The van der Waals surface area contributed by atoms with Crippen molar-refractivity contribution in [3.05, 3.63) is 30.3 Å². The van der Waals surface area contributed by atoms with E-state index in [1.165, 1.54) is 17.1 Å². The molecule has 1 aromatic carbocycles. The van der Waals surface area contributed by atoms with Gasteiger partial charge in [0.2, 0.25) is 0 Å². The van der Waals surface area contributed by atoms with Crippen LogP contribution in [0.4, 0.5) is 10.1 Å². The van der Waals surface area contributed by atoms with Crippen molar-refractivity contribution in [1.29, 1.82) is 0 Å². The van der Waals surface area contributed by atoms with Gasteiger partial charge in [-0.25, -0.2) is 9.07 Å². The van der Waals surface area contributed by atoms with Gasteiger partial charge < -0.3 is 10.2 Å². The molecule has 6 nitrogen and oxygen atoms in total. The van der Waals surface area contributed by atoms with Crippen LogP contribution >= 0.6 is 0 Å². The van der Waals surface area contributed by atoms with Crippen LogP contribution < -0.4 is 5.32 Å².